The lowest BCUT2D eigenvalue weighted by molar-refractivity contribution is 0.595. The first kappa shape index (κ1) is 16.0. The quantitative estimate of drug-likeness (QED) is 0.855. The van der Waals surface area contributed by atoms with Gasteiger partial charge in [-0.2, -0.15) is 0 Å². The van der Waals surface area contributed by atoms with Gasteiger partial charge in [0.05, 0.1) is 11.4 Å². The number of nitrogens with one attached hydrogen (secondary N) is 1. The molecule has 112 valence electrons. The summed E-state index contributed by atoms with van der Waals surface area (Å²) in [5, 5.41) is 0. The van der Waals surface area contributed by atoms with E-state index in [0.717, 1.165) is 15.6 Å². The third-order valence-electron chi connectivity index (χ3n) is 3.23. The van der Waals surface area contributed by atoms with Crippen molar-refractivity contribution in [3.05, 3.63) is 64.1 Å². The molecule has 0 bridgehead atoms. The number of rotatable bonds is 5. The fourth-order valence-corrected chi connectivity index (χ4v) is 4.29. The van der Waals surface area contributed by atoms with Crippen molar-refractivity contribution in [3.8, 4) is 0 Å². The van der Waals surface area contributed by atoms with Crippen LogP contribution in [0.5, 0.6) is 0 Å². The molecule has 0 saturated carbocycles. The first-order valence-electron chi connectivity index (χ1n) is 6.69. The number of hydrogen-bond acceptors (Lipinski definition) is 2. The van der Waals surface area contributed by atoms with Gasteiger partial charge in [0.15, 0.2) is 0 Å². The van der Waals surface area contributed by atoms with E-state index in [2.05, 4.69) is 20.7 Å². The van der Waals surface area contributed by atoms with Crippen molar-refractivity contribution >= 4 is 31.6 Å². The van der Waals surface area contributed by atoms with Gasteiger partial charge >= 0.3 is 0 Å². The zero-order chi connectivity index (χ0) is 15.5. The minimum Gasteiger partial charge on any atom is -0.282 e. The van der Waals surface area contributed by atoms with E-state index in [-0.39, 0.29) is 11.7 Å². The Morgan fingerprint density at radius 1 is 1.14 bits per heavy atom. The lowest BCUT2D eigenvalue weighted by Crippen LogP contribution is -2.20. The van der Waals surface area contributed by atoms with E-state index < -0.39 is 10.0 Å². The molecule has 1 unspecified atom stereocenters. The van der Waals surface area contributed by atoms with E-state index in [1.54, 1.807) is 6.07 Å². The number of hydrogen-bond donors (Lipinski definition) is 1. The average molecular weight is 368 g/mol. The number of benzene rings is 2. The molecule has 0 aliphatic carbocycles. The molecule has 5 heteroatoms. The van der Waals surface area contributed by atoms with Gasteiger partial charge < -0.3 is 0 Å². The molecule has 2 aromatic rings. The molecule has 21 heavy (non-hydrogen) atoms. The highest BCUT2D eigenvalue weighted by molar-refractivity contribution is 9.10. The van der Waals surface area contributed by atoms with Crippen LogP contribution in [0.15, 0.2) is 53.0 Å². The molecule has 0 amide bonds. The summed E-state index contributed by atoms with van der Waals surface area (Å²) in [5.41, 5.74) is 2.66. The highest BCUT2D eigenvalue weighted by Crippen LogP contribution is 2.25. The van der Waals surface area contributed by atoms with Gasteiger partial charge in [-0.15, -0.1) is 0 Å². The van der Waals surface area contributed by atoms with Crippen LogP contribution in [-0.4, -0.2) is 14.2 Å². The van der Waals surface area contributed by atoms with Gasteiger partial charge in [0.2, 0.25) is 10.0 Å². The molecule has 2 aromatic carbocycles. The summed E-state index contributed by atoms with van der Waals surface area (Å²) in [6, 6.07) is 15.2. The largest absolute Gasteiger partial charge is 0.282 e. The Labute approximate surface area is 134 Å². The molecule has 0 aromatic heterocycles. The van der Waals surface area contributed by atoms with Crippen molar-refractivity contribution in [3.63, 3.8) is 0 Å². The van der Waals surface area contributed by atoms with Crippen LogP contribution in [0.3, 0.4) is 0 Å². The van der Waals surface area contributed by atoms with E-state index in [1.165, 1.54) is 0 Å². The first-order chi connectivity index (χ1) is 9.87. The normalized spacial score (nSPS) is 12.9. The van der Waals surface area contributed by atoms with Crippen molar-refractivity contribution in [2.24, 2.45) is 0 Å². The first-order valence-corrected chi connectivity index (χ1v) is 9.13. The Balaban J connectivity index is 2.12. The summed E-state index contributed by atoms with van der Waals surface area (Å²) in [6.45, 7) is 3.87. The van der Waals surface area contributed by atoms with Gasteiger partial charge in [-0.1, -0.05) is 43.3 Å². The summed E-state index contributed by atoms with van der Waals surface area (Å²) in [7, 11) is -3.40. The van der Waals surface area contributed by atoms with Crippen LogP contribution in [-0.2, 0) is 10.0 Å². The minimum atomic E-state index is -3.40. The van der Waals surface area contributed by atoms with Gasteiger partial charge in [-0.05, 0) is 52.0 Å². The molecule has 0 saturated heterocycles. The van der Waals surface area contributed by atoms with E-state index in [9.17, 15) is 8.42 Å². The zero-order valence-electron chi connectivity index (χ0n) is 12.0. The molecule has 1 atom stereocenters. The van der Waals surface area contributed by atoms with Crippen LogP contribution in [0, 0.1) is 6.92 Å². The van der Waals surface area contributed by atoms with Crippen LogP contribution < -0.4 is 4.72 Å². The Kier molecular flexibility index (Phi) is 5.06. The number of sulfonamides is 1. The minimum absolute atomic E-state index is 0.0529. The molecular formula is C16H18BrNO2S. The van der Waals surface area contributed by atoms with Crippen molar-refractivity contribution in [2.75, 3.05) is 10.5 Å². The lowest BCUT2D eigenvalue weighted by Gasteiger charge is -2.15. The predicted molar refractivity (Wildman–Crippen MR) is 91.1 cm³/mol. The Morgan fingerprint density at radius 3 is 2.43 bits per heavy atom. The second-order valence-corrected chi connectivity index (χ2v) is 7.80. The fourth-order valence-electron chi connectivity index (χ4n) is 2.12. The summed E-state index contributed by atoms with van der Waals surface area (Å²) < 4.78 is 28.0. The van der Waals surface area contributed by atoms with Crippen LogP contribution in [0.2, 0.25) is 0 Å². The molecule has 0 fully saturated rings. The molecule has 0 heterocycles. The molecule has 2 rings (SSSR count). The standard InChI is InChI=1S/C16H18BrNO2S/c1-12-8-9-16(15(17)10-12)18-21(19,20)11-13(2)14-6-4-3-5-7-14/h3-10,13,18H,11H2,1-2H3. The molecule has 1 N–H and O–H groups in total. The zero-order valence-corrected chi connectivity index (χ0v) is 14.4. The number of anilines is 1. The maximum absolute atomic E-state index is 12.3. The Morgan fingerprint density at radius 2 is 1.81 bits per heavy atom. The van der Waals surface area contributed by atoms with E-state index in [4.69, 9.17) is 0 Å². The monoisotopic (exact) mass is 367 g/mol. The van der Waals surface area contributed by atoms with Crippen LogP contribution in [0.1, 0.15) is 24.0 Å². The van der Waals surface area contributed by atoms with Crippen molar-refractivity contribution < 1.29 is 8.42 Å². The van der Waals surface area contributed by atoms with E-state index >= 15 is 0 Å². The summed E-state index contributed by atoms with van der Waals surface area (Å²) in [5.74, 6) is -0.00920. The topological polar surface area (TPSA) is 46.2 Å². The van der Waals surface area contributed by atoms with Gasteiger partial charge in [0, 0.05) is 4.47 Å². The van der Waals surface area contributed by atoms with Gasteiger partial charge in [0.25, 0.3) is 0 Å². The summed E-state index contributed by atoms with van der Waals surface area (Å²) >= 11 is 3.38. The molecule has 0 radical (unpaired) electrons. The maximum atomic E-state index is 12.3. The van der Waals surface area contributed by atoms with Gasteiger partial charge in [-0.25, -0.2) is 8.42 Å². The second-order valence-electron chi connectivity index (χ2n) is 5.18. The van der Waals surface area contributed by atoms with E-state index in [1.807, 2.05) is 56.3 Å². The molecule has 0 spiro atoms. The third-order valence-corrected chi connectivity index (χ3v) is 5.35. The Bertz CT molecular complexity index is 714. The molecular weight excluding hydrogens is 350 g/mol. The highest BCUT2D eigenvalue weighted by atomic mass is 79.9. The second kappa shape index (κ2) is 6.62. The molecule has 3 nitrogen and oxygen atoms in total. The lowest BCUT2D eigenvalue weighted by atomic mass is 10.0. The maximum Gasteiger partial charge on any atom is 0.233 e. The molecule has 0 aliphatic rings. The van der Waals surface area contributed by atoms with Gasteiger partial charge in [0.1, 0.15) is 0 Å². The highest BCUT2D eigenvalue weighted by Gasteiger charge is 2.18. The SMILES string of the molecule is Cc1ccc(NS(=O)(=O)CC(C)c2ccccc2)c(Br)c1. The average Bonchev–Trinajstić information content (AvgIpc) is 2.42. The van der Waals surface area contributed by atoms with Crippen LogP contribution in [0.4, 0.5) is 5.69 Å². The van der Waals surface area contributed by atoms with Crippen molar-refractivity contribution in [1.29, 1.82) is 0 Å². The van der Waals surface area contributed by atoms with Crippen molar-refractivity contribution in [2.45, 2.75) is 19.8 Å². The number of aryl methyl sites for hydroxylation is 1. The van der Waals surface area contributed by atoms with E-state index in [0.29, 0.717) is 5.69 Å². The van der Waals surface area contributed by atoms with Crippen molar-refractivity contribution in [1.82, 2.24) is 0 Å². The van der Waals surface area contributed by atoms with Crippen LogP contribution >= 0.6 is 15.9 Å². The summed E-state index contributed by atoms with van der Waals surface area (Å²) in [4.78, 5) is 0. The Hall–Kier alpha value is -1.33. The third kappa shape index (κ3) is 4.58. The smallest absolute Gasteiger partial charge is 0.233 e. The molecule has 0 aliphatic heterocycles. The predicted octanol–water partition coefficient (Wildman–Crippen LogP) is 4.30. The number of halogens is 1. The van der Waals surface area contributed by atoms with Crippen LogP contribution in [0.25, 0.3) is 0 Å². The fraction of sp³-hybridized carbons (Fsp3) is 0.250. The summed E-state index contributed by atoms with van der Waals surface area (Å²) in [6.07, 6.45) is 0. The van der Waals surface area contributed by atoms with Gasteiger partial charge in [-0.3, -0.25) is 4.72 Å².